The maximum absolute atomic E-state index is 11.9. The summed E-state index contributed by atoms with van der Waals surface area (Å²) in [7, 11) is 1.88. The zero-order chi connectivity index (χ0) is 25.1. The summed E-state index contributed by atoms with van der Waals surface area (Å²) in [6, 6.07) is 8.19. The van der Waals surface area contributed by atoms with Crippen molar-refractivity contribution in [2.24, 2.45) is 7.05 Å². The van der Waals surface area contributed by atoms with E-state index >= 15 is 0 Å². The molecule has 180 valence electrons. The molecule has 1 saturated heterocycles. The molecule has 5 rings (SSSR count). The highest BCUT2D eigenvalue weighted by Gasteiger charge is 2.22. The van der Waals surface area contributed by atoms with Crippen LogP contribution in [0.15, 0.2) is 49.2 Å². The van der Waals surface area contributed by atoms with Crippen LogP contribution in [0.1, 0.15) is 18.4 Å². The van der Waals surface area contributed by atoms with E-state index in [4.69, 9.17) is 11.4 Å². The van der Waals surface area contributed by atoms with Crippen molar-refractivity contribution in [3.63, 3.8) is 0 Å². The van der Waals surface area contributed by atoms with E-state index in [9.17, 15) is 10.1 Å². The zero-order valence-corrected chi connectivity index (χ0v) is 19.8. The second-order valence-electron chi connectivity index (χ2n) is 8.71. The number of piperidine rings is 1. The summed E-state index contributed by atoms with van der Waals surface area (Å²) in [5.74, 6) is 3.27. The first-order valence-corrected chi connectivity index (χ1v) is 11.7. The van der Waals surface area contributed by atoms with Gasteiger partial charge in [0.2, 0.25) is 0 Å². The number of fused-ring (bicyclic) bond motifs is 1. The molecule has 0 saturated carbocycles. The molecule has 0 atom stereocenters. The van der Waals surface area contributed by atoms with Gasteiger partial charge in [-0.15, -0.1) is 6.42 Å². The molecule has 0 aliphatic carbocycles. The number of nitrogens with one attached hydrogen (secondary N) is 2. The average molecular weight is 480 g/mol. The van der Waals surface area contributed by atoms with Crippen LogP contribution in [0.4, 0.5) is 10.6 Å². The summed E-state index contributed by atoms with van der Waals surface area (Å²) in [6.07, 6.45) is 15.9. The lowest BCUT2D eigenvalue weighted by Gasteiger charge is -2.33. The van der Waals surface area contributed by atoms with Crippen LogP contribution in [-0.4, -0.2) is 56.1 Å². The molecule has 0 spiro atoms. The number of aromatic nitrogens is 5. The quantitative estimate of drug-likeness (QED) is 0.425. The molecule has 36 heavy (non-hydrogen) atoms. The van der Waals surface area contributed by atoms with Crippen LogP contribution in [0.3, 0.4) is 0 Å². The molecule has 4 aromatic heterocycles. The predicted molar refractivity (Wildman–Crippen MR) is 136 cm³/mol. The highest BCUT2D eigenvalue weighted by Crippen LogP contribution is 2.32. The van der Waals surface area contributed by atoms with Crippen molar-refractivity contribution in [1.82, 2.24) is 35.0 Å². The van der Waals surface area contributed by atoms with E-state index in [2.05, 4.69) is 37.7 Å². The van der Waals surface area contributed by atoms with Gasteiger partial charge in [0, 0.05) is 67.0 Å². The van der Waals surface area contributed by atoms with Crippen LogP contribution >= 0.6 is 0 Å². The van der Waals surface area contributed by atoms with E-state index in [-0.39, 0.29) is 18.6 Å². The van der Waals surface area contributed by atoms with Gasteiger partial charge in [0.05, 0.1) is 30.0 Å². The molecule has 0 aromatic carbocycles. The lowest BCUT2D eigenvalue weighted by Crippen LogP contribution is -2.48. The van der Waals surface area contributed by atoms with Gasteiger partial charge in [-0.25, -0.2) is 14.3 Å². The summed E-state index contributed by atoms with van der Waals surface area (Å²) in [5, 5.41) is 23.9. The van der Waals surface area contributed by atoms with Crippen molar-refractivity contribution in [2.75, 3.05) is 24.5 Å². The van der Waals surface area contributed by atoms with Crippen molar-refractivity contribution in [2.45, 2.75) is 18.9 Å². The Morgan fingerprint density at radius 3 is 2.64 bits per heavy atom. The van der Waals surface area contributed by atoms with Gasteiger partial charge in [-0.2, -0.15) is 15.5 Å². The van der Waals surface area contributed by atoms with Crippen LogP contribution in [0.5, 0.6) is 0 Å². The first-order valence-electron chi connectivity index (χ1n) is 11.7. The summed E-state index contributed by atoms with van der Waals surface area (Å²) in [4.78, 5) is 18.8. The number of carbonyl (C=O) groups excluding carboxylic acids is 1. The van der Waals surface area contributed by atoms with Crippen LogP contribution in [-0.2, 0) is 7.05 Å². The Morgan fingerprint density at radius 2 is 1.97 bits per heavy atom. The van der Waals surface area contributed by atoms with Gasteiger partial charge in [-0.05, 0) is 31.0 Å². The number of hydrogen-bond donors (Lipinski definition) is 2. The number of amides is 2. The minimum atomic E-state index is -0.231. The van der Waals surface area contributed by atoms with Crippen molar-refractivity contribution in [3.05, 3.63) is 54.7 Å². The Hall–Kier alpha value is -4.83. The molecule has 0 radical (unpaired) electrons. The van der Waals surface area contributed by atoms with Crippen LogP contribution in [0.2, 0.25) is 0 Å². The van der Waals surface area contributed by atoms with Crippen molar-refractivity contribution < 1.29 is 4.79 Å². The molecule has 10 nitrogen and oxygen atoms in total. The molecule has 1 aliphatic heterocycles. The molecule has 1 aliphatic rings. The lowest BCUT2D eigenvalue weighted by molar-refractivity contribution is 0.235. The van der Waals surface area contributed by atoms with E-state index in [1.807, 2.05) is 43.8 Å². The molecular formula is C26H25N9O. The minimum absolute atomic E-state index is 0.105. The third-order valence-electron chi connectivity index (χ3n) is 6.33. The molecule has 0 bridgehead atoms. The number of rotatable bonds is 5. The first kappa shape index (κ1) is 22.9. The summed E-state index contributed by atoms with van der Waals surface area (Å²) in [6.45, 7) is 1.79. The van der Waals surface area contributed by atoms with Crippen molar-refractivity contribution >= 4 is 17.4 Å². The third-order valence-corrected chi connectivity index (χ3v) is 6.33. The number of nitrogens with zero attached hydrogens (tertiary/aromatic N) is 7. The number of urea groups is 1. The second kappa shape index (κ2) is 9.80. The fourth-order valence-corrected chi connectivity index (χ4v) is 4.50. The summed E-state index contributed by atoms with van der Waals surface area (Å²) >= 11 is 0. The fraction of sp³-hybridized carbons (Fsp3) is 0.269. The van der Waals surface area contributed by atoms with E-state index in [0.717, 1.165) is 59.5 Å². The molecule has 0 unspecified atom stereocenters. The molecule has 10 heteroatoms. The van der Waals surface area contributed by atoms with E-state index < -0.39 is 0 Å². The number of carbonyl (C=O) groups is 1. The highest BCUT2D eigenvalue weighted by atomic mass is 16.2. The number of hydrogen-bond acceptors (Lipinski definition) is 6. The Bertz CT molecular complexity index is 1480. The van der Waals surface area contributed by atoms with E-state index in [1.54, 1.807) is 21.6 Å². The number of nitriles is 1. The van der Waals surface area contributed by atoms with Crippen LogP contribution < -0.4 is 15.5 Å². The highest BCUT2D eigenvalue weighted by molar-refractivity contribution is 5.87. The lowest BCUT2D eigenvalue weighted by atomic mass is 10.0. The minimum Gasteiger partial charge on any atom is -0.356 e. The Kier molecular flexibility index (Phi) is 6.25. The first-order chi connectivity index (χ1) is 17.6. The van der Waals surface area contributed by atoms with Crippen molar-refractivity contribution in [1.29, 1.82) is 5.26 Å². The summed E-state index contributed by atoms with van der Waals surface area (Å²) in [5.41, 5.74) is 4.94. The van der Waals surface area contributed by atoms with Gasteiger partial charge >= 0.3 is 6.03 Å². The van der Waals surface area contributed by atoms with E-state index in [1.165, 1.54) is 0 Å². The van der Waals surface area contributed by atoms with Crippen molar-refractivity contribution in [3.8, 4) is 40.7 Å². The van der Waals surface area contributed by atoms with Gasteiger partial charge in [0.25, 0.3) is 0 Å². The second-order valence-corrected chi connectivity index (χ2v) is 8.71. The molecule has 4 aromatic rings. The van der Waals surface area contributed by atoms with Gasteiger partial charge < -0.3 is 15.5 Å². The van der Waals surface area contributed by atoms with Crippen LogP contribution in [0, 0.1) is 23.7 Å². The van der Waals surface area contributed by atoms with Gasteiger partial charge in [-0.1, -0.05) is 5.92 Å². The normalized spacial score (nSPS) is 13.8. The van der Waals surface area contributed by atoms with Gasteiger partial charge in [0.1, 0.15) is 11.9 Å². The standard InChI is InChI=1S/C26H25N9O/c1-3-8-28-26(36)32-22-6-9-34(10-7-22)24-5-4-18(13-29-24)23-11-19(21-15-30-33(2)16-21)17-35-25(23)20(12-27)14-31-35/h1,4-5,11,13-17,22H,6-10H2,2H3,(H2,28,32,36). The Labute approximate surface area is 208 Å². The average Bonchev–Trinajstić information content (AvgIpc) is 3.53. The topological polar surface area (TPSA) is 116 Å². The van der Waals surface area contributed by atoms with E-state index in [0.29, 0.717) is 5.56 Å². The SMILES string of the molecule is C#CCNC(=O)NC1CCN(c2ccc(-c3cc(-c4cnn(C)c4)cn4ncc(C#N)c34)cn2)CC1. The van der Waals surface area contributed by atoms with Gasteiger partial charge in [0.15, 0.2) is 0 Å². The smallest absolute Gasteiger partial charge is 0.315 e. The molecular weight excluding hydrogens is 454 g/mol. The number of aryl methyl sites for hydroxylation is 1. The van der Waals surface area contributed by atoms with Crippen LogP contribution in [0.25, 0.3) is 27.8 Å². The number of pyridine rings is 2. The van der Waals surface area contributed by atoms with Gasteiger partial charge in [-0.3, -0.25) is 4.68 Å². The molecule has 1 fully saturated rings. The Balaban J connectivity index is 1.37. The number of terminal acetylenes is 1. The summed E-state index contributed by atoms with van der Waals surface area (Å²) < 4.78 is 3.49. The largest absolute Gasteiger partial charge is 0.356 e. The third kappa shape index (κ3) is 4.57. The maximum atomic E-state index is 11.9. The molecule has 5 heterocycles. The molecule has 2 N–H and O–H groups in total. The number of anilines is 1. The maximum Gasteiger partial charge on any atom is 0.315 e. The predicted octanol–water partition coefficient (Wildman–Crippen LogP) is 2.57. The monoisotopic (exact) mass is 479 g/mol. The zero-order valence-electron chi connectivity index (χ0n) is 19.8. The fourth-order valence-electron chi connectivity index (χ4n) is 4.50. The Morgan fingerprint density at radius 1 is 1.14 bits per heavy atom. The molecule has 2 amide bonds.